The van der Waals surface area contributed by atoms with Gasteiger partial charge >= 0.3 is 6.61 Å². The van der Waals surface area contributed by atoms with E-state index < -0.39 is 18.6 Å². The highest BCUT2D eigenvalue weighted by molar-refractivity contribution is 5.97. The second-order valence-electron chi connectivity index (χ2n) is 7.34. The van der Waals surface area contributed by atoms with Gasteiger partial charge in [-0.2, -0.15) is 8.78 Å². The van der Waals surface area contributed by atoms with E-state index >= 15 is 0 Å². The van der Waals surface area contributed by atoms with Gasteiger partial charge in [0.05, 0.1) is 11.6 Å². The Hall–Kier alpha value is -1.93. The minimum absolute atomic E-state index is 0. The summed E-state index contributed by atoms with van der Waals surface area (Å²) in [6, 6.07) is 5.28. The van der Waals surface area contributed by atoms with Gasteiger partial charge in [0.2, 0.25) is 5.91 Å². The number of rotatable bonds is 4. The molecule has 9 heteroatoms. The minimum atomic E-state index is -3.00. The molecule has 0 bridgehead atoms. The lowest BCUT2D eigenvalue weighted by atomic mass is 9.86. The number of ether oxygens (including phenoxy) is 1. The normalized spacial score (nSPS) is 16.0. The van der Waals surface area contributed by atoms with Crippen molar-refractivity contribution in [2.75, 3.05) is 26.2 Å². The van der Waals surface area contributed by atoms with Crippen molar-refractivity contribution in [3.05, 3.63) is 29.8 Å². The van der Waals surface area contributed by atoms with Crippen LogP contribution in [0.3, 0.4) is 0 Å². The Morgan fingerprint density at radius 1 is 1.07 bits per heavy atom. The van der Waals surface area contributed by atoms with Crippen LogP contribution in [0.1, 0.15) is 31.1 Å². The number of piperazine rings is 1. The van der Waals surface area contributed by atoms with Gasteiger partial charge < -0.3 is 20.3 Å². The molecule has 0 saturated carbocycles. The second-order valence-corrected chi connectivity index (χ2v) is 7.34. The predicted octanol–water partition coefficient (Wildman–Crippen LogP) is 2.37. The van der Waals surface area contributed by atoms with Crippen LogP contribution in [0.4, 0.5) is 8.78 Å². The van der Waals surface area contributed by atoms with Gasteiger partial charge in [-0.3, -0.25) is 9.59 Å². The Bertz CT molecular complexity index is 659. The lowest BCUT2D eigenvalue weighted by Crippen LogP contribution is -2.57. The molecule has 1 heterocycles. The Morgan fingerprint density at radius 3 is 2.11 bits per heavy atom. The summed E-state index contributed by atoms with van der Waals surface area (Å²) in [5.41, 5.74) is 5.75. The number of carbonyl (C=O) groups excluding carboxylic acids is 2. The minimum Gasteiger partial charge on any atom is -0.434 e. The number of amides is 2. The van der Waals surface area contributed by atoms with Crippen LogP contribution in [0.15, 0.2) is 24.3 Å². The Balaban J connectivity index is 0.00000364. The average molecular weight is 406 g/mol. The molecule has 152 valence electrons. The first-order valence-electron chi connectivity index (χ1n) is 8.48. The largest absolute Gasteiger partial charge is 0.434 e. The van der Waals surface area contributed by atoms with E-state index in [2.05, 4.69) is 4.74 Å². The fourth-order valence-corrected chi connectivity index (χ4v) is 2.71. The van der Waals surface area contributed by atoms with Gasteiger partial charge in [-0.05, 0) is 17.5 Å². The lowest BCUT2D eigenvalue weighted by molar-refractivity contribution is -0.136. The zero-order chi connectivity index (χ0) is 19.5. The molecule has 1 aliphatic heterocycles. The van der Waals surface area contributed by atoms with Crippen molar-refractivity contribution in [3.63, 3.8) is 0 Å². The number of carbonyl (C=O) groups is 2. The van der Waals surface area contributed by atoms with Crippen LogP contribution in [0.25, 0.3) is 0 Å². The van der Waals surface area contributed by atoms with Crippen LogP contribution >= 0.6 is 12.4 Å². The zero-order valence-electron chi connectivity index (χ0n) is 15.7. The smallest absolute Gasteiger partial charge is 0.387 e. The summed E-state index contributed by atoms with van der Waals surface area (Å²) in [6.45, 7) is 4.02. The number of hydrogen-bond donors (Lipinski definition) is 1. The standard InChI is InChI=1S/C18H25F2N3O3.ClH/c1-18(2,3)14(21)16(25)23-10-8-22(9-11-23)15(24)12-6-4-5-7-13(12)26-17(19)20;/h4-7,14,17H,8-11,21H2,1-3H3;1H/t14-;/m1./s1. The van der Waals surface area contributed by atoms with Crippen LogP contribution in [0.5, 0.6) is 5.75 Å². The summed E-state index contributed by atoms with van der Waals surface area (Å²) in [7, 11) is 0. The number of hydrogen-bond acceptors (Lipinski definition) is 4. The third-order valence-corrected chi connectivity index (χ3v) is 4.41. The molecule has 0 unspecified atom stereocenters. The maximum Gasteiger partial charge on any atom is 0.387 e. The maximum absolute atomic E-state index is 12.6. The average Bonchev–Trinajstić information content (AvgIpc) is 2.59. The number of nitrogens with zero attached hydrogens (tertiary/aromatic N) is 2. The zero-order valence-corrected chi connectivity index (χ0v) is 16.5. The summed E-state index contributed by atoms with van der Waals surface area (Å²) in [5, 5.41) is 0. The molecule has 1 atom stereocenters. The van der Waals surface area contributed by atoms with Gasteiger partial charge in [0.25, 0.3) is 5.91 Å². The van der Waals surface area contributed by atoms with Crippen molar-refractivity contribution in [3.8, 4) is 5.75 Å². The monoisotopic (exact) mass is 405 g/mol. The number of nitrogens with two attached hydrogens (primary N) is 1. The summed E-state index contributed by atoms with van der Waals surface area (Å²) in [6.07, 6.45) is 0. The molecular formula is C18H26ClF2N3O3. The molecule has 0 aliphatic carbocycles. The van der Waals surface area contributed by atoms with Gasteiger partial charge in [0.1, 0.15) is 5.75 Å². The van der Waals surface area contributed by atoms with Crippen molar-refractivity contribution in [1.29, 1.82) is 0 Å². The second kappa shape index (κ2) is 9.32. The SMILES string of the molecule is CC(C)(C)[C@H](N)C(=O)N1CCN(C(=O)c2ccccc2OC(F)F)CC1.Cl. The van der Waals surface area contributed by atoms with Gasteiger partial charge in [0.15, 0.2) is 0 Å². The Labute approximate surface area is 164 Å². The summed E-state index contributed by atoms with van der Waals surface area (Å²) in [4.78, 5) is 28.3. The maximum atomic E-state index is 12.6. The molecule has 2 N–H and O–H groups in total. The molecule has 1 aliphatic rings. The van der Waals surface area contributed by atoms with E-state index in [1.165, 1.54) is 23.1 Å². The molecule has 1 aromatic carbocycles. The molecule has 27 heavy (non-hydrogen) atoms. The predicted molar refractivity (Wildman–Crippen MR) is 100 cm³/mol. The van der Waals surface area contributed by atoms with Crippen LogP contribution in [-0.4, -0.2) is 60.4 Å². The molecule has 0 aromatic heterocycles. The van der Waals surface area contributed by atoms with Crippen LogP contribution < -0.4 is 10.5 Å². The van der Waals surface area contributed by atoms with Gasteiger partial charge in [-0.15, -0.1) is 12.4 Å². The fraction of sp³-hybridized carbons (Fsp3) is 0.556. The van der Waals surface area contributed by atoms with E-state index in [4.69, 9.17) is 5.73 Å². The number of para-hydroxylation sites is 1. The van der Waals surface area contributed by atoms with Gasteiger partial charge in [-0.25, -0.2) is 0 Å². The van der Waals surface area contributed by atoms with E-state index in [-0.39, 0.29) is 35.0 Å². The van der Waals surface area contributed by atoms with Crippen LogP contribution in [-0.2, 0) is 4.79 Å². The van der Waals surface area contributed by atoms with E-state index in [0.717, 1.165) is 0 Å². The van der Waals surface area contributed by atoms with Crippen molar-refractivity contribution >= 4 is 24.2 Å². The van der Waals surface area contributed by atoms with Crippen molar-refractivity contribution in [1.82, 2.24) is 9.80 Å². The molecule has 0 spiro atoms. The first kappa shape index (κ1) is 23.1. The van der Waals surface area contributed by atoms with Crippen molar-refractivity contribution < 1.29 is 23.1 Å². The van der Waals surface area contributed by atoms with Crippen LogP contribution in [0, 0.1) is 5.41 Å². The summed E-state index contributed by atoms with van der Waals surface area (Å²) in [5.74, 6) is -0.694. The highest BCUT2D eigenvalue weighted by Crippen LogP contribution is 2.23. The summed E-state index contributed by atoms with van der Waals surface area (Å²) < 4.78 is 29.5. The number of alkyl halides is 2. The number of halogens is 3. The number of benzene rings is 1. The van der Waals surface area contributed by atoms with Gasteiger partial charge in [0, 0.05) is 26.2 Å². The fourth-order valence-electron chi connectivity index (χ4n) is 2.71. The quantitative estimate of drug-likeness (QED) is 0.834. The Kier molecular flexibility index (Phi) is 7.98. The molecule has 1 fully saturated rings. The Morgan fingerprint density at radius 2 is 1.59 bits per heavy atom. The lowest BCUT2D eigenvalue weighted by Gasteiger charge is -2.38. The van der Waals surface area contributed by atoms with Crippen molar-refractivity contribution in [2.24, 2.45) is 11.1 Å². The van der Waals surface area contributed by atoms with Crippen LogP contribution in [0.2, 0.25) is 0 Å². The molecule has 1 aromatic rings. The van der Waals surface area contributed by atoms with E-state index in [1.54, 1.807) is 11.0 Å². The molecular weight excluding hydrogens is 380 g/mol. The van der Waals surface area contributed by atoms with E-state index in [1.807, 2.05) is 20.8 Å². The third kappa shape index (κ3) is 5.77. The summed E-state index contributed by atoms with van der Waals surface area (Å²) >= 11 is 0. The topological polar surface area (TPSA) is 75.9 Å². The van der Waals surface area contributed by atoms with E-state index in [0.29, 0.717) is 26.2 Å². The first-order chi connectivity index (χ1) is 12.1. The molecule has 0 radical (unpaired) electrons. The van der Waals surface area contributed by atoms with Crippen molar-refractivity contribution in [2.45, 2.75) is 33.4 Å². The highest BCUT2D eigenvalue weighted by Gasteiger charge is 2.33. The first-order valence-corrected chi connectivity index (χ1v) is 8.48. The van der Waals surface area contributed by atoms with E-state index in [9.17, 15) is 18.4 Å². The molecule has 2 amide bonds. The van der Waals surface area contributed by atoms with Gasteiger partial charge in [-0.1, -0.05) is 32.9 Å². The molecule has 6 nitrogen and oxygen atoms in total. The highest BCUT2D eigenvalue weighted by atomic mass is 35.5. The third-order valence-electron chi connectivity index (χ3n) is 4.41. The molecule has 2 rings (SSSR count). The molecule has 1 saturated heterocycles.